The van der Waals surface area contributed by atoms with Crippen molar-refractivity contribution in [1.82, 2.24) is 9.99 Å². The highest BCUT2D eigenvalue weighted by molar-refractivity contribution is 14.1. The van der Waals surface area contributed by atoms with Crippen LogP contribution in [0, 0.1) is 16.3 Å². The highest BCUT2D eigenvalue weighted by Crippen LogP contribution is 2.27. The number of carbonyl (C=O) groups excluding carboxylic acids is 1. The van der Waals surface area contributed by atoms with E-state index in [4.69, 9.17) is 4.74 Å². The summed E-state index contributed by atoms with van der Waals surface area (Å²) in [5, 5.41) is 4.12. The Kier molecular flexibility index (Phi) is 8.17. The Morgan fingerprint density at radius 1 is 0.949 bits per heavy atom. The van der Waals surface area contributed by atoms with Gasteiger partial charge in [-0.1, -0.05) is 42.5 Å². The average molecular weight is 629 g/mol. The van der Waals surface area contributed by atoms with Gasteiger partial charge in [0.1, 0.15) is 18.2 Å². The third kappa shape index (κ3) is 6.43. The zero-order valence-corrected chi connectivity index (χ0v) is 23.3. The van der Waals surface area contributed by atoms with Gasteiger partial charge in [0.05, 0.1) is 15.5 Å². The van der Waals surface area contributed by atoms with Crippen LogP contribution in [0.25, 0.3) is 16.9 Å². The third-order valence-electron chi connectivity index (χ3n) is 6.15. The summed E-state index contributed by atoms with van der Waals surface area (Å²) in [5.74, 6) is 0.105. The Morgan fingerprint density at radius 3 is 2.49 bits per heavy atom. The van der Waals surface area contributed by atoms with Crippen molar-refractivity contribution in [1.29, 1.82) is 0 Å². The number of hydrazone groups is 1. The Hall–Kier alpha value is -4.24. The summed E-state index contributed by atoms with van der Waals surface area (Å²) in [5.41, 5.74) is 8.97. The number of carbonyl (C=O) groups is 1. The van der Waals surface area contributed by atoms with E-state index in [1.807, 2.05) is 54.6 Å². The molecule has 194 valence electrons. The molecule has 0 radical (unpaired) electrons. The number of nitrogens with zero attached hydrogens (tertiary/aromatic N) is 2. The standard InChI is InChI=1S/C32H25FIN3O2/c1-22-10-16-30(25-7-3-2-4-8-25)37(22)28-14-12-26(13-15-28)32(38)36-35-20-23-11-17-31(29(34)19-23)39-21-24-6-5-9-27(33)18-24/h2-20H,21H2,1H3,(H,36,38)/b35-20+. The van der Waals surface area contributed by atoms with Gasteiger partial charge in [0.15, 0.2) is 0 Å². The summed E-state index contributed by atoms with van der Waals surface area (Å²) in [6.07, 6.45) is 1.58. The van der Waals surface area contributed by atoms with Crippen molar-refractivity contribution < 1.29 is 13.9 Å². The number of rotatable bonds is 8. The molecule has 0 aliphatic heterocycles. The quantitative estimate of drug-likeness (QED) is 0.110. The van der Waals surface area contributed by atoms with Crippen LogP contribution in [0.3, 0.4) is 0 Å². The highest BCUT2D eigenvalue weighted by atomic mass is 127. The zero-order chi connectivity index (χ0) is 27.2. The fourth-order valence-corrected chi connectivity index (χ4v) is 4.90. The molecule has 1 amide bonds. The summed E-state index contributed by atoms with van der Waals surface area (Å²) in [6.45, 7) is 2.33. The van der Waals surface area contributed by atoms with Gasteiger partial charge in [0.25, 0.3) is 5.91 Å². The Balaban J connectivity index is 1.21. The van der Waals surface area contributed by atoms with Crippen LogP contribution >= 0.6 is 22.6 Å². The maximum absolute atomic E-state index is 13.4. The number of aromatic nitrogens is 1. The molecule has 0 saturated carbocycles. The molecule has 0 unspecified atom stereocenters. The van der Waals surface area contributed by atoms with Gasteiger partial charge in [0.2, 0.25) is 0 Å². The molecular weight excluding hydrogens is 604 g/mol. The van der Waals surface area contributed by atoms with Gasteiger partial charge in [-0.25, -0.2) is 9.82 Å². The van der Waals surface area contributed by atoms with Crippen molar-refractivity contribution in [2.45, 2.75) is 13.5 Å². The molecule has 5 nitrogen and oxygen atoms in total. The predicted molar refractivity (Wildman–Crippen MR) is 161 cm³/mol. The van der Waals surface area contributed by atoms with E-state index in [9.17, 15) is 9.18 Å². The summed E-state index contributed by atoms with van der Waals surface area (Å²) in [4.78, 5) is 12.7. The first-order valence-electron chi connectivity index (χ1n) is 12.3. The molecule has 0 spiro atoms. The lowest BCUT2D eigenvalue weighted by atomic mass is 10.1. The van der Waals surface area contributed by atoms with Gasteiger partial charge in [0, 0.05) is 16.9 Å². The maximum Gasteiger partial charge on any atom is 0.271 e. The minimum atomic E-state index is -0.296. The van der Waals surface area contributed by atoms with Crippen LogP contribution in [0.1, 0.15) is 27.2 Å². The molecule has 0 bridgehead atoms. The first kappa shape index (κ1) is 26.4. The molecule has 39 heavy (non-hydrogen) atoms. The van der Waals surface area contributed by atoms with E-state index in [0.29, 0.717) is 11.3 Å². The molecule has 1 heterocycles. The number of benzene rings is 4. The van der Waals surface area contributed by atoms with Crippen LogP contribution in [-0.4, -0.2) is 16.7 Å². The van der Waals surface area contributed by atoms with Crippen LogP contribution in [-0.2, 0) is 6.61 Å². The largest absolute Gasteiger partial charge is 0.488 e. The lowest BCUT2D eigenvalue weighted by molar-refractivity contribution is 0.0955. The molecule has 4 aromatic carbocycles. The van der Waals surface area contributed by atoms with Crippen molar-refractivity contribution >= 4 is 34.7 Å². The molecule has 5 aromatic rings. The molecule has 0 aliphatic carbocycles. The molecule has 0 atom stereocenters. The summed E-state index contributed by atoms with van der Waals surface area (Å²) in [6, 6.07) is 33.8. The average Bonchev–Trinajstić information content (AvgIpc) is 3.34. The normalized spacial score (nSPS) is 11.1. The predicted octanol–water partition coefficient (Wildman–Crippen LogP) is 7.54. The first-order chi connectivity index (χ1) is 19.0. The van der Waals surface area contributed by atoms with E-state index < -0.39 is 0 Å². The van der Waals surface area contributed by atoms with Crippen LogP contribution < -0.4 is 10.2 Å². The summed E-state index contributed by atoms with van der Waals surface area (Å²) < 4.78 is 22.2. The lowest BCUT2D eigenvalue weighted by Gasteiger charge is -2.12. The van der Waals surface area contributed by atoms with Gasteiger partial charge in [-0.15, -0.1) is 0 Å². The lowest BCUT2D eigenvalue weighted by Crippen LogP contribution is -2.17. The van der Waals surface area contributed by atoms with Crippen molar-refractivity contribution in [2.24, 2.45) is 5.10 Å². The molecule has 0 aliphatic rings. The fraction of sp³-hybridized carbons (Fsp3) is 0.0625. The number of aryl methyl sites for hydroxylation is 1. The van der Waals surface area contributed by atoms with E-state index in [2.05, 4.69) is 68.9 Å². The van der Waals surface area contributed by atoms with Crippen LogP contribution in [0.5, 0.6) is 5.75 Å². The monoisotopic (exact) mass is 629 g/mol. The second kappa shape index (κ2) is 12.1. The maximum atomic E-state index is 13.4. The zero-order valence-electron chi connectivity index (χ0n) is 21.1. The Labute approximate surface area is 240 Å². The van der Waals surface area contributed by atoms with Gasteiger partial charge in [-0.2, -0.15) is 5.10 Å². The number of halogens is 2. The number of hydrogen-bond donors (Lipinski definition) is 1. The second-order valence-corrected chi connectivity index (χ2v) is 10.1. The number of hydrogen-bond acceptors (Lipinski definition) is 3. The smallest absolute Gasteiger partial charge is 0.271 e. The fourth-order valence-electron chi connectivity index (χ4n) is 4.21. The van der Waals surface area contributed by atoms with Crippen LogP contribution in [0.4, 0.5) is 4.39 Å². The summed E-state index contributed by atoms with van der Waals surface area (Å²) in [7, 11) is 0. The SMILES string of the molecule is Cc1ccc(-c2ccccc2)n1-c1ccc(C(=O)N/N=C/c2ccc(OCc3cccc(F)c3)c(I)c2)cc1. The first-order valence-corrected chi connectivity index (χ1v) is 13.4. The van der Waals surface area contributed by atoms with E-state index in [0.717, 1.165) is 37.3 Å². The van der Waals surface area contributed by atoms with E-state index >= 15 is 0 Å². The number of nitrogens with one attached hydrogen (secondary N) is 1. The molecule has 0 fully saturated rings. The van der Waals surface area contributed by atoms with Gasteiger partial charge >= 0.3 is 0 Å². The topological polar surface area (TPSA) is 55.6 Å². The van der Waals surface area contributed by atoms with Gasteiger partial charge < -0.3 is 9.30 Å². The molecule has 0 saturated heterocycles. The van der Waals surface area contributed by atoms with Crippen LogP contribution in [0.15, 0.2) is 114 Å². The summed E-state index contributed by atoms with van der Waals surface area (Å²) >= 11 is 2.18. The number of amides is 1. The molecule has 1 N–H and O–H groups in total. The Bertz CT molecular complexity index is 1630. The van der Waals surface area contributed by atoms with E-state index in [1.165, 1.54) is 12.1 Å². The van der Waals surface area contributed by atoms with Crippen molar-refractivity contribution in [3.8, 4) is 22.7 Å². The number of ether oxygens (including phenoxy) is 1. The molecule has 7 heteroatoms. The Morgan fingerprint density at radius 2 is 1.74 bits per heavy atom. The van der Waals surface area contributed by atoms with E-state index in [-0.39, 0.29) is 18.3 Å². The van der Waals surface area contributed by atoms with Crippen molar-refractivity contribution in [3.05, 3.63) is 141 Å². The molecular formula is C32H25FIN3O2. The van der Waals surface area contributed by atoms with Crippen LogP contribution in [0.2, 0.25) is 0 Å². The van der Waals surface area contributed by atoms with Crippen molar-refractivity contribution in [3.63, 3.8) is 0 Å². The highest BCUT2D eigenvalue weighted by Gasteiger charge is 2.11. The second-order valence-electron chi connectivity index (χ2n) is 8.92. The van der Waals surface area contributed by atoms with E-state index in [1.54, 1.807) is 24.4 Å². The van der Waals surface area contributed by atoms with Gasteiger partial charge in [-0.3, -0.25) is 4.79 Å². The minimum Gasteiger partial charge on any atom is -0.488 e. The van der Waals surface area contributed by atoms with Crippen molar-refractivity contribution in [2.75, 3.05) is 0 Å². The molecule has 1 aromatic heterocycles. The third-order valence-corrected chi connectivity index (χ3v) is 7.00. The minimum absolute atomic E-state index is 0.271. The molecule has 5 rings (SSSR count). The van der Waals surface area contributed by atoms with Gasteiger partial charge in [-0.05, 0) is 113 Å².